The molecule has 0 amide bonds. The Balaban J connectivity index is 2.10. The molecule has 6 heteroatoms. The van der Waals surface area contributed by atoms with E-state index >= 15 is 0 Å². The van der Waals surface area contributed by atoms with Crippen molar-refractivity contribution in [3.8, 4) is 5.88 Å². The van der Waals surface area contributed by atoms with Gasteiger partial charge in [0.05, 0.1) is 7.11 Å². The summed E-state index contributed by atoms with van der Waals surface area (Å²) >= 11 is 0. The smallest absolute Gasteiger partial charge is 0.218 e. The summed E-state index contributed by atoms with van der Waals surface area (Å²) in [6, 6.07) is 4.16. The van der Waals surface area contributed by atoms with Crippen molar-refractivity contribution in [2.24, 2.45) is 10.7 Å². The molecule has 2 heterocycles. The Morgan fingerprint density at radius 1 is 1.32 bits per heavy atom. The lowest BCUT2D eigenvalue weighted by Gasteiger charge is -2.33. The molecule has 136 valence electrons. The van der Waals surface area contributed by atoms with E-state index in [0.717, 1.165) is 43.3 Å². The highest BCUT2D eigenvalue weighted by Crippen LogP contribution is 2.23. The Morgan fingerprint density at radius 3 is 2.68 bits per heavy atom. The van der Waals surface area contributed by atoms with Gasteiger partial charge in [0.15, 0.2) is 0 Å². The zero-order valence-electron chi connectivity index (χ0n) is 15.7. The predicted octanol–water partition coefficient (Wildman–Crippen LogP) is 2.22. The molecule has 0 aliphatic carbocycles. The average molecular weight is 343 g/mol. The minimum absolute atomic E-state index is 0.506. The van der Waals surface area contributed by atoms with Crippen molar-refractivity contribution in [2.45, 2.75) is 20.3 Å². The number of nitrogens with two attached hydrogens (primary N) is 1. The molecule has 0 bridgehead atoms. The van der Waals surface area contributed by atoms with Crippen LogP contribution in [0.3, 0.4) is 0 Å². The van der Waals surface area contributed by atoms with Crippen LogP contribution in [-0.4, -0.2) is 56.1 Å². The van der Waals surface area contributed by atoms with Crippen LogP contribution in [0.4, 0.5) is 5.82 Å². The molecule has 6 nitrogen and oxygen atoms in total. The number of nitrogens with zero attached hydrogens (tertiary/aromatic N) is 4. The van der Waals surface area contributed by atoms with Crippen LogP contribution in [0, 0.1) is 0 Å². The molecule has 2 rings (SSSR count). The summed E-state index contributed by atoms with van der Waals surface area (Å²) in [5.74, 6) is 2.15. The van der Waals surface area contributed by atoms with Crippen molar-refractivity contribution in [1.29, 1.82) is 0 Å². The van der Waals surface area contributed by atoms with Crippen molar-refractivity contribution < 1.29 is 4.74 Å². The molecule has 0 spiro atoms. The van der Waals surface area contributed by atoms with Gasteiger partial charge >= 0.3 is 0 Å². The van der Waals surface area contributed by atoms with Crippen LogP contribution >= 0.6 is 0 Å². The van der Waals surface area contributed by atoms with Gasteiger partial charge in [-0.05, 0) is 45.5 Å². The van der Waals surface area contributed by atoms with Gasteiger partial charge in [0.2, 0.25) is 5.88 Å². The third-order valence-corrected chi connectivity index (χ3v) is 4.21. The maximum Gasteiger partial charge on any atom is 0.218 e. The van der Waals surface area contributed by atoms with Crippen LogP contribution in [0.1, 0.15) is 19.4 Å². The van der Waals surface area contributed by atoms with E-state index in [0.29, 0.717) is 18.1 Å². The number of likely N-dealkylation sites (N-methyl/N-ethyl adjacent to an activating group) is 1. The van der Waals surface area contributed by atoms with Gasteiger partial charge in [-0.3, -0.25) is 0 Å². The number of rotatable bonds is 6. The second-order valence-electron chi connectivity index (χ2n) is 6.21. The molecule has 1 aromatic heterocycles. The number of aliphatic imine (C=N–C) groups is 1. The quantitative estimate of drug-likeness (QED) is 0.634. The fourth-order valence-electron chi connectivity index (χ4n) is 2.72. The summed E-state index contributed by atoms with van der Waals surface area (Å²) in [6.07, 6.45) is 6.39. The molecular formula is C19H29N5O. The number of methoxy groups -OCH3 is 1. The molecule has 0 atom stereocenters. The van der Waals surface area contributed by atoms with Gasteiger partial charge in [-0.15, -0.1) is 0 Å². The Morgan fingerprint density at radius 2 is 2.04 bits per heavy atom. The molecule has 0 unspecified atom stereocenters. The molecule has 0 aromatic carbocycles. The van der Waals surface area contributed by atoms with Crippen molar-refractivity contribution in [2.75, 3.05) is 45.2 Å². The number of hydrogen-bond acceptors (Lipinski definition) is 5. The number of ether oxygens (including phenoxy) is 1. The lowest BCUT2D eigenvalue weighted by atomic mass is 10.1. The van der Waals surface area contributed by atoms with E-state index in [1.165, 1.54) is 0 Å². The molecule has 0 radical (unpaired) electrons. The van der Waals surface area contributed by atoms with Crippen LogP contribution in [0.2, 0.25) is 0 Å². The van der Waals surface area contributed by atoms with Gasteiger partial charge in [-0.25, -0.2) is 4.99 Å². The largest absolute Gasteiger partial charge is 0.481 e. The number of amidine groups is 1. The molecule has 1 aliphatic heterocycles. The number of aromatic nitrogens is 1. The third kappa shape index (κ3) is 5.60. The van der Waals surface area contributed by atoms with Gasteiger partial charge in [-0.2, -0.15) is 4.98 Å². The fraction of sp³-hybridized carbons (Fsp3) is 0.474. The second kappa shape index (κ2) is 9.22. The maximum atomic E-state index is 5.80. The van der Waals surface area contributed by atoms with E-state index in [1.54, 1.807) is 13.2 Å². The van der Waals surface area contributed by atoms with Gasteiger partial charge < -0.3 is 20.3 Å². The Kier molecular flexibility index (Phi) is 7.01. The van der Waals surface area contributed by atoms with Crippen LogP contribution in [0.25, 0.3) is 0 Å². The lowest BCUT2D eigenvalue weighted by Crippen LogP contribution is -2.44. The molecule has 0 saturated carbocycles. The standard InChI is InChI=1S/C19H29N5O/c1-5-6-17(20)21-15(2)7-8-16-9-10-18(22-19(16)25-4)24-13-11-23(3)12-14-24/h5-7,9-10H,8,11-14H2,1-4H3,(H2,20,21)/b6-5-,15-7-. The Bertz CT molecular complexity index is 658. The molecule has 1 fully saturated rings. The van der Waals surface area contributed by atoms with Crippen molar-refractivity contribution in [3.63, 3.8) is 0 Å². The summed E-state index contributed by atoms with van der Waals surface area (Å²) in [5.41, 5.74) is 7.72. The molecule has 1 saturated heterocycles. The summed E-state index contributed by atoms with van der Waals surface area (Å²) < 4.78 is 5.50. The Labute approximate surface area is 150 Å². The first-order chi connectivity index (χ1) is 12.0. The minimum Gasteiger partial charge on any atom is -0.481 e. The van der Waals surface area contributed by atoms with E-state index in [-0.39, 0.29) is 0 Å². The van der Waals surface area contributed by atoms with Crippen LogP contribution in [0.15, 0.2) is 41.1 Å². The summed E-state index contributed by atoms with van der Waals surface area (Å²) in [4.78, 5) is 13.7. The minimum atomic E-state index is 0.506. The zero-order valence-corrected chi connectivity index (χ0v) is 15.7. The zero-order chi connectivity index (χ0) is 18.2. The van der Waals surface area contributed by atoms with Gasteiger partial charge in [-0.1, -0.05) is 12.2 Å². The van der Waals surface area contributed by atoms with E-state index in [1.807, 2.05) is 26.0 Å². The monoisotopic (exact) mass is 343 g/mol. The number of piperazine rings is 1. The number of pyridine rings is 1. The first-order valence-electron chi connectivity index (χ1n) is 8.64. The SMILES string of the molecule is C\C=C/C(N)=N\C(C)=C/Cc1ccc(N2CCN(C)CC2)nc1OC. The number of hydrogen-bond donors (Lipinski definition) is 1. The van der Waals surface area contributed by atoms with Crippen LogP contribution < -0.4 is 15.4 Å². The average Bonchev–Trinajstić information content (AvgIpc) is 2.60. The fourth-order valence-corrected chi connectivity index (χ4v) is 2.72. The van der Waals surface area contributed by atoms with Crippen LogP contribution in [-0.2, 0) is 6.42 Å². The molecule has 25 heavy (non-hydrogen) atoms. The highest BCUT2D eigenvalue weighted by atomic mass is 16.5. The van der Waals surface area contributed by atoms with Gasteiger partial charge in [0.1, 0.15) is 11.7 Å². The van der Waals surface area contributed by atoms with Crippen molar-refractivity contribution in [1.82, 2.24) is 9.88 Å². The highest BCUT2D eigenvalue weighted by Gasteiger charge is 2.16. The summed E-state index contributed by atoms with van der Waals surface area (Å²) in [7, 11) is 3.81. The topological polar surface area (TPSA) is 67.0 Å². The predicted molar refractivity (Wildman–Crippen MR) is 104 cm³/mol. The second-order valence-corrected chi connectivity index (χ2v) is 6.21. The maximum absolute atomic E-state index is 5.80. The van der Waals surface area contributed by atoms with E-state index in [4.69, 9.17) is 15.5 Å². The highest BCUT2D eigenvalue weighted by molar-refractivity contribution is 5.91. The first-order valence-corrected chi connectivity index (χ1v) is 8.64. The van der Waals surface area contributed by atoms with E-state index in [2.05, 4.69) is 34.0 Å². The van der Waals surface area contributed by atoms with Crippen LogP contribution in [0.5, 0.6) is 5.88 Å². The van der Waals surface area contributed by atoms with Gasteiger partial charge in [0.25, 0.3) is 0 Å². The molecular weight excluding hydrogens is 314 g/mol. The number of anilines is 1. The third-order valence-electron chi connectivity index (χ3n) is 4.21. The lowest BCUT2D eigenvalue weighted by molar-refractivity contribution is 0.311. The van der Waals surface area contributed by atoms with Crippen molar-refractivity contribution >= 4 is 11.7 Å². The summed E-state index contributed by atoms with van der Waals surface area (Å²) in [5, 5.41) is 0. The number of allylic oxidation sites excluding steroid dienone is 3. The van der Waals surface area contributed by atoms with E-state index in [9.17, 15) is 0 Å². The van der Waals surface area contributed by atoms with Gasteiger partial charge in [0, 0.05) is 37.4 Å². The first kappa shape index (κ1) is 19.0. The summed E-state index contributed by atoms with van der Waals surface area (Å²) in [6.45, 7) is 7.95. The molecule has 1 aliphatic rings. The normalized spacial score (nSPS) is 17.4. The molecule has 2 N–H and O–H groups in total. The Hall–Kier alpha value is -2.34. The van der Waals surface area contributed by atoms with Crippen molar-refractivity contribution in [3.05, 3.63) is 41.6 Å². The van der Waals surface area contributed by atoms with E-state index < -0.39 is 0 Å². The molecule has 1 aromatic rings.